The summed E-state index contributed by atoms with van der Waals surface area (Å²) in [4.78, 5) is 0.494. The first-order valence-corrected chi connectivity index (χ1v) is 10.2. The maximum Gasteiger partial charge on any atom is 0.183 e. The van der Waals surface area contributed by atoms with Gasteiger partial charge in [-0.3, -0.25) is 0 Å². The summed E-state index contributed by atoms with van der Waals surface area (Å²) in [5.74, 6) is 3.36. The Labute approximate surface area is 134 Å². The highest BCUT2D eigenvalue weighted by molar-refractivity contribution is 7.92. The van der Waals surface area contributed by atoms with Crippen LogP contribution < -0.4 is 0 Å². The molecule has 4 saturated carbocycles. The third-order valence-electron chi connectivity index (χ3n) is 6.78. The van der Waals surface area contributed by atoms with Gasteiger partial charge in [0.15, 0.2) is 9.84 Å². The van der Waals surface area contributed by atoms with Crippen LogP contribution in [0.1, 0.15) is 46.0 Å². The third kappa shape index (κ3) is 2.01. The summed E-state index contributed by atoms with van der Waals surface area (Å²) in [6.45, 7) is 3.98. The molecule has 1 aromatic rings. The van der Waals surface area contributed by atoms with Crippen LogP contribution in [0.3, 0.4) is 0 Å². The van der Waals surface area contributed by atoms with E-state index in [1.165, 1.54) is 32.1 Å². The maximum atomic E-state index is 13.3. The summed E-state index contributed by atoms with van der Waals surface area (Å²) in [6.07, 6.45) is 6.49. The molecule has 0 amide bonds. The van der Waals surface area contributed by atoms with Crippen LogP contribution in [0.5, 0.6) is 0 Å². The highest BCUT2D eigenvalue weighted by Gasteiger charge is 2.56. The van der Waals surface area contributed by atoms with Crippen molar-refractivity contribution in [1.29, 1.82) is 0 Å². The zero-order valence-corrected chi connectivity index (χ0v) is 14.4. The largest absolute Gasteiger partial charge is 0.223 e. The molecule has 0 atom stereocenters. The van der Waals surface area contributed by atoms with E-state index in [4.69, 9.17) is 0 Å². The molecule has 2 nitrogen and oxygen atoms in total. The Bertz CT molecular complexity index is 632. The van der Waals surface area contributed by atoms with Crippen molar-refractivity contribution in [2.45, 2.75) is 55.6 Å². The topological polar surface area (TPSA) is 34.1 Å². The van der Waals surface area contributed by atoms with E-state index >= 15 is 0 Å². The van der Waals surface area contributed by atoms with Gasteiger partial charge in [-0.1, -0.05) is 18.2 Å². The van der Waals surface area contributed by atoms with E-state index in [1.807, 2.05) is 32.0 Å². The van der Waals surface area contributed by atoms with Crippen molar-refractivity contribution in [2.75, 3.05) is 0 Å². The summed E-state index contributed by atoms with van der Waals surface area (Å²) in [6, 6.07) is 9.06. The first-order valence-electron chi connectivity index (χ1n) is 8.69. The van der Waals surface area contributed by atoms with E-state index < -0.39 is 14.6 Å². The van der Waals surface area contributed by atoms with Crippen LogP contribution in [0.4, 0.5) is 0 Å². The SMILES string of the molecule is CC(C)(C1C2CC3CC(C2)CC1C3)S(=O)(=O)c1ccccc1. The van der Waals surface area contributed by atoms with Crippen molar-refractivity contribution in [1.82, 2.24) is 0 Å². The summed E-state index contributed by atoms with van der Waals surface area (Å²) < 4.78 is 25.9. The molecule has 3 heteroatoms. The lowest BCUT2D eigenvalue weighted by molar-refractivity contribution is -0.0494. The standard InChI is InChI=1S/C19H26O2S/c1-19(2,22(20,21)17-6-4-3-5-7-17)18-15-9-13-8-14(11-15)12-16(18)10-13/h3-7,13-16,18H,8-12H2,1-2H3. The number of sulfone groups is 1. The van der Waals surface area contributed by atoms with Crippen molar-refractivity contribution in [3.05, 3.63) is 30.3 Å². The number of benzene rings is 1. The Morgan fingerprint density at radius 1 is 0.864 bits per heavy atom. The number of hydrogen-bond acceptors (Lipinski definition) is 2. The molecule has 0 heterocycles. The monoisotopic (exact) mass is 318 g/mol. The van der Waals surface area contributed by atoms with Gasteiger partial charge in [0.05, 0.1) is 9.64 Å². The molecule has 0 saturated heterocycles. The van der Waals surface area contributed by atoms with Gasteiger partial charge in [-0.05, 0) is 87.7 Å². The Morgan fingerprint density at radius 3 is 1.86 bits per heavy atom. The average molecular weight is 318 g/mol. The lowest BCUT2D eigenvalue weighted by Gasteiger charge is -2.58. The summed E-state index contributed by atoms with van der Waals surface area (Å²) in [7, 11) is -3.28. The maximum absolute atomic E-state index is 13.3. The molecule has 0 spiro atoms. The second-order valence-electron chi connectivity index (χ2n) is 8.38. The molecular formula is C19H26O2S. The van der Waals surface area contributed by atoms with E-state index in [0.717, 1.165) is 11.8 Å². The van der Waals surface area contributed by atoms with Crippen molar-refractivity contribution < 1.29 is 8.42 Å². The Hall–Kier alpha value is -0.830. The van der Waals surface area contributed by atoms with Crippen molar-refractivity contribution in [2.24, 2.45) is 29.6 Å². The fraction of sp³-hybridized carbons (Fsp3) is 0.684. The molecule has 4 aliphatic rings. The highest BCUT2D eigenvalue weighted by Crippen LogP contribution is 2.60. The fourth-order valence-corrected chi connectivity index (χ4v) is 8.01. The molecule has 1 aromatic carbocycles. The molecule has 22 heavy (non-hydrogen) atoms. The third-order valence-corrected chi connectivity index (χ3v) is 9.33. The van der Waals surface area contributed by atoms with Gasteiger partial charge >= 0.3 is 0 Å². The first-order chi connectivity index (χ1) is 10.4. The van der Waals surface area contributed by atoms with Gasteiger partial charge < -0.3 is 0 Å². The normalized spacial score (nSPS) is 37.5. The van der Waals surface area contributed by atoms with Gasteiger partial charge in [-0.15, -0.1) is 0 Å². The van der Waals surface area contributed by atoms with Gasteiger partial charge in [0.2, 0.25) is 0 Å². The van der Waals surface area contributed by atoms with Gasteiger partial charge in [0.1, 0.15) is 0 Å². The van der Waals surface area contributed by atoms with Crippen molar-refractivity contribution >= 4 is 9.84 Å². The Kier molecular flexibility index (Phi) is 3.24. The highest BCUT2D eigenvalue weighted by atomic mass is 32.2. The molecule has 0 unspecified atom stereocenters. The van der Waals surface area contributed by atoms with Crippen LogP contribution in [0, 0.1) is 29.6 Å². The summed E-state index contributed by atoms with van der Waals surface area (Å²) in [5, 5.41) is 0. The predicted octanol–water partition coefficient (Wildman–Crippen LogP) is 4.31. The van der Waals surface area contributed by atoms with E-state index in [0.29, 0.717) is 22.6 Å². The van der Waals surface area contributed by atoms with Crippen LogP contribution in [0.25, 0.3) is 0 Å². The molecule has 4 fully saturated rings. The zero-order valence-electron chi connectivity index (χ0n) is 13.5. The number of rotatable bonds is 3. The van der Waals surface area contributed by atoms with E-state index in [1.54, 1.807) is 12.1 Å². The molecule has 0 aliphatic heterocycles. The quantitative estimate of drug-likeness (QED) is 0.832. The minimum atomic E-state index is -3.28. The number of hydrogen-bond donors (Lipinski definition) is 0. The van der Waals surface area contributed by atoms with Crippen LogP contribution in [0.2, 0.25) is 0 Å². The Balaban J connectivity index is 1.72. The summed E-state index contributed by atoms with van der Waals surface area (Å²) >= 11 is 0. The molecule has 120 valence electrons. The van der Waals surface area contributed by atoms with Gasteiger partial charge in [0.25, 0.3) is 0 Å². The fourth-order valence-electron chi connectivity index (χ4n) is 6.14. The van der Waals surface area contributed by atoms with E-state index in [9.17, 15) is 8.42 Å². The molecule has 4 aliphatic carbocycles. The van der Waals surface area contributed by atoms with Gasteiger partial charge in [-0.25, -0.2) is 8.42 Å². The summed E-state index contributed by atoms with van der Waals surface area (Å²) in [5.41, 5.74) is 0. The van der Waals surface area contributed by atoms with Crippen LogP contribution >= 0.6 is 0 Å². The minimum Gasteiger partial charge on any atom is -0.223 e. The zero-order chi connectivity index (χ0) is 15.5. The van der Waals surface area contributed by atoms with E-state index in [2.05, 4.69) is 0 Å². The molecular weight excluding hydrogens is 292 g/mol. The minimum absolute atomic E-state index is 0.338. The van der Waals surface area contributed by atoms with Crippen LogP contribution in [-0.2, 0) is 9.84 Å². The average Bonchev–Trinajstić information content (AvgIpc) is 2.46. The van der Waals surface area contributed by atoms with Crippen molar-refractivity contribution in [3.8, 4) is 0 Å². The van der Waals surface area contributed by atoms with Crippen LogP contribution in [0.15, 0.2) is 35.2 Å². The molecule has 0 N–H and O–H groups in total. The van der Waals surface area contributed by atoms with Crippen LogP contribution in [-0.4, -0.2) is 13.2 Å². The first kappa shape index (κ1) is 14.7. The second kappa shape index (κ2) is 4.83. The lowest BCUT2D eigenvalue weighted by Crippen LogP contribution is -2.55. The molecule has 0 radical (unpaired) electrons. The lowest BCUT2D eigenvalue weighted by atomic mass is 9.50. The molecule has 4 bridgehead atoms. The smallest absolute Gasteiger partial charge is 0.183 e. The Morgan fingerprint density at radius 2 is 1.36 bits per heavy atom. The second-order valence-corrected chi connectivity index (χ2v) is 10.9. The predicted molar refractivity (Wildman–Crippen MR) is 88.2 cm³/mol. The van der Waals surface area contributed by atoms with E-state index in [-0.39, 0.29) is 0 Å². The van der Waals surface area contributed by atoms with Gasteiger partial charge in [-0.2, -0.15) is 0 Å². The molecule has 0 aromatic heterocycles. The molecule has 5 rings (SSSR count). The van der Waals surface area contributed by atoms with Gasteiger partial charge in [0, 0.05) is 0 Å². The van der Waals surface area contributed by atoms with Crippen molar-refractivity contribution in [3.63, 3.8) is 0 Å².